The molecule has 0 spiro atoms. The van der Waals surface area contributed by atoms with Gasteiger partial charge in [-0.2, -0.15) is 0 Å². The van der Waals surface area contributed by atoms with Crippen molar-refractivity contribution in [3.63, 3.8) is 0 Å². The molecule has 0 aliphatic carbocycles. The molecule has 0 aliphatic rings. The van der Waals surface area contributed by atoms with Crippen LogP contribution in [0.4, 0.5) is 0 Å². The van der Waals surface area contributed by atoms with E-state index in [0.29, 0.717) is 5.56 Å². The standard InChI is InChI=1S/C19H13BrN2O3/c20-14-8-6-12(7-9-14)10-15-18(24)22-19(25)16(21-15)11-17(23)13-4-2-1-3-5-13/h1-11,21H,(H,22,24,25). The van der Waals surface area contributed by atoms with E-state index in [0.717, 1.165) is 10.0 Å². The van der Waals surface area contributed by atoms with Gasteiger partial charge in [0.1, 0.15) is 10.7 Å². The summed E-state index contributed by atoms with van der Waals surface area (Å²) < 4.78 is 0.917. The maximum absolute atomic E-state index is 12.2. The van der Waals surface area contributed by atoms with E-state index >= 15 is 0 Å². The van der Waals surface area contributed by atoms with Gasteiger partial charge in [0, 0.05) is 16.1 Å². The van der Waals surface area contributed by atoms with E-state index < -0.39 is 11.1 Å². The molecule has 3 aromatic rings. The molecule has 0 fully saturated rings. The Balaban J connectivity index is 2.12. The Hall–Kier alpha value is -2.99. The third-order valence-electron chi connectivity index (χ3n) is 3.50. The van der Waals surface area contributed by atoms with Crippen molar-refractivity contribution in [3.8, 4) is 0 Å². The Kier molecular flexibility index (Phi) is 4.90. The quantitative estimate of drug-likeness (QED) is 0.654. The Morgan fingerprint density at radius 1 is 0.840 bits per heavy atom. The molecule has 0 aliphatic heterocycles. The van der Waals surface area contributed by atoms with Crippen molar-refractivity contribution in [2.75, 3.05) is 0 Å². The second-order valence-electron chi connectivity index (χ2n) is 5.31. The van der Waals surface area contributed by atoms with Crippen LogP contribution in [-0.2, 0) is 0 Å². The van der Waals surface area contributed by atoms with Gasteiger partial charge >= 0.3 is 0 Å². The maximum atomic E-state index is 12.2. The molecule has 5 nitrogen and oxygen atoms in total. The molecule has 3 rings (SSSR count). The maximum Gasteiger partial charge on any atom is 0.274 e. The average Bonchev–Trinajstić information content (AvgIpc) is 2.61. The molecular formula is C19H13BrN2O3. The van der Waals surface area contributed by atoms with Gasteiger partial charge in [-0.25, -0.2) is 0 Å². The lowest BCUT2D eigenvalue weighted by atomic mass is 10.1. The molecule has 1 heterocycles. The van der Waals surface area contributed by atoms with E-state index in [1.54, 1.807) is 36.4 Å². The molecule has 0 bridgehead atoms. The van der Waals surface area contributed by atoms with Crippen LogP contribution < -0.4 is 21.8 Å². The van der Waals surface area contributed by atoms with Crippen LogP contribution in [0.2, 0.25) is 0 Å². The molecule has 124 valence electrons. The first kappa shape index (κ1) is 16.9. The molecule has 0 radical (unpaired) electrons. The predicted octanol–water partition coefficient (Wildman–Crippen LogP) is 1.32. The van der Waals surface area contributed by atoms with Crippen molar-refractivity contribution in [3.05, 3.63) is 102 Å². The molecule has 25 heavy (non-hydrogen) atoms. The zero-order valence-corrected chi connectivity index (χ0v) is 14.5. The smallest absolute Gasteiger partial charge is 0.274 e. The summed E-state index contributed by atoms with van der Waals surface area (Å²) >= 11 is 3.34. The predicted molar refractivity (Wildman–Crippen MR) is 99.9 cm³/mol. The Morgan fingerprint density at radius 3 is 2.16 bits per heavy atom. The first-order chi connectivity index (χ1) is 12.0. The van der Waals surface area contributed by atoms with Crippen molar-refractivity contribution >= 4 is 33.9 Å². The Labute approximate surface area is 150 Å². The molecular weight excluding hydrogens is 384 g/mol. The number of hydrogen-bond acceptors (Lipinski definition) is 3. The van der Waals surface area contributed by atoms with Crippen LogP contribution in [-0.4, -0.2) is 15.8 Å². The third-order valence-corrected chi connectivity index (χ3v) is 4.03. The van der Waals surface area contributed by atoms with E-state index in [1.165, 1.54) is 6.08 Å². The van der Waals surface area contributed by atoms with Crippen LogP contribution >= 0.6 is 15.9 Å². The molecule has 0 saturated carbocycles. The first-order valence-corrected chi connectivity index (χ1v) is 8.23. The lowest BCUT2D eigenvalue weighted by Crippen LogP contribution is -2.47. The number of hydrogen-bond donors (Lipinski definition) is 2. The molecule has 0 unspecified atom stereocenters. The van der Waals surface area contributed by atoms with Gasteiger partial charge in [0.05, 0.1) is 0 Å². The number of aromatic amines is 2. The summed E-state index contributed by atoms with van der Waals surface area (Å²) in [5.74, 6) is -0.324. The van der Waals surface area contributed by atoms with Gasteiger partial charge in [0.25, 0.3) is 11.1 Å². The number of benzene rings is 2. The minimum atomic E-state index is -0.637. The van der Waals surface area contributed by atoms with Gasteiger partial charge in [-0.1, -0.05) is 58.4 Å². The van der Waals surface area contributed by atoms with E-state index in [4.69, 9.17) is 0 Å². The van der Waals surface area contributed by atoms with Crippen LogP contribution in [0.3, 0.4) is 0 Å². The molecule has 0 amide bonds. The average molecular weight is 397 g/mol. The molecule has 6 heteroatoms. The summed E-state index contributed by atoms with van der Waals surface area (Å²) in [6, 6.07) is 15.9. The van der Waals surface area contributed by atoms with Gasteiger partial charge in [0.15, 0.2) is 5.78 Å². The van der Waals surface area contributed by atoms with Crippen LogP contribution in [0.5, 0.6) is 0 Å². The molecule has 1 aromatic heterocycles. The Morgan fingerprint density at radius 2 is 1.48 bits per heavy atom. The number of carbonyl (C=O) groups is 1. The first-order valence-electron chi connectivity index (χ1n) is 7.44. The Bertz CT molecular complexity index is 1140. The number of ketones is 1. The van der Waals surface area contributed by atoms with Gasteiger partial charge in [0.2, 0.25) is 0 Å². The van der Waals surface area contributed by atoms with Crippen LogP contribution in [0.1, 0.15) is 15.9 Å². The van der Waals surface area contributed by atoms with Crippen LogP contribution in [0, 0.1) is 0 Å². The number of rotatable bonds is 3. The fraction of sp³-hybridized carbons (Fsp3) is 0. The highest BCUT2D eigenvalue weighted by atomic mass is 79.9. The van der Waals surface area contributed by atoms with E-state index in [2.05, 4.69) is 25.9 Å². The lowest BCUT2D eigenvalue weighted by Gasteiger charge is -1.96. The number of aromatic nitrogens is 2. The van der Waals surface area contributed by atoms with Crippen molar-refractivity contribution in [2.24, 2.45) is 0 Å². The van der Waals surface area contributed by atoms with Crippen LogP contribution in [0.25, 0.3) is 12.2 Å². The highest BCUT2D eigenvalue weighted by Crippen LogP contribution is 2.10. The van der Waals surface area contributed by atoms with E-state index in [9.17, 15) is 14.4 Å². The van der Waals surface area contributed by atoms with Gasteiger partial charge in [-0.3, -0.25) is 19.4 Å². The molecule has 2 aromatic carbocycles. The van der Waals surface area contributed by atoms with E-state index in [-0.39, 0.29) is 16.5 Å². The summed E-state index contributed by atoms with van der Waals surface area (Å²) in [5, 5.41) is 0.214. The summed E-state index contributed by atoms with van der Waals surface area (Å²) in [6.45, 7) is 0. The number of H-pyrrole nitrogens is 2. The number of nitrogens with one attached hydrogen (secondary N) is 2. The summed E-state index contributed by atoms with van der Waals surface area (Å²) in [6.07, 6.45) is 2.79. The van der Waals surface area contributed by atoms with Crippen molar-refractivity contribution < 1.29 is 4.79 Å². The fourth-order valence-corrected chi connectivity index (χ4v) is 2.51. The topological polar surface area (TPSA) is 82.8 Å². The number of Topliss-reactive ketones (excluding diaryl/α,β-unsaturated/α-hetero) is 1. The van der Waals surface area contributed by atoms with Gasteiger partial charge < -0.3 is 4.98 Å². The number of halogens is 1. The monoisotopic (exact) mass is 396 g/mol. The van der Waals surface area contributed by atoms with E-state index in [1.807, 2.05) is 24.3 Å². The van der Waals surface area contributed by atoms with Crippen molar-refractivity contribution in [1.29, 1.82) is 0 Å². The largest absolute Gasteiger partial charge is 0.346 e. The molecule has 2 N–H and O–H groups in total. The zero-order valence-electron chi connectivity index (χ0n) is 13.0. The minimum Gasteiger partial charge on any atom is -0.346 e. The van der Waals surface area contributed by atoms with Crippen LogP contribution in [0.15, 0.2) is 68.7 Å². The molecule has 0 saturated heterocycles. The highest BCUT2D eigenvalue weighted by molar-refractivity contribution is 9.10. The zero-order chi connectivity index (χ0) is 17.8. The minimum absolute atomic E-state index is 0.0248. The van der Waals surface area contributed by atoms with Gasteiger partial charge in [-0.15, -0.1) is 0 Å². The van der Waals surface area contributed by atoms with Crippen molar-refractivity contribution in [1.82, 2.24) is 9.97 Å². The van der Waals surface area contributed by atoms with Gasteiger partial charge in [-0.05, 0) is 23.8 Å². The third kappa shape index (κ3) is 4.10. The summed E-state index contributed by atoms with van der Waals surface area (Å²) in [7, 11) is 0. The van der Waals surface area contributed by atoms with Crippen molar-refractivity contribution in [2.45, 2.75) is 0 Å². The normalized spacial score (nSPS) is 12.4. The SMILES string of the molecule is O=C(C=c1[nH]c(=Cc2ccc(Br)cc2)c(=O)[nH]c1=O)c1ccccc1. The second kappa shape index (κ2) is 7.27. The lowest BCUT2D eigenvalue weighted by molar-refractivity contribution is 0.106. The fourth-order valence-electron chi connectivity index (χ4n) is 2.24. The summed E-state index contributed by atoms with van der Waals surface area (Å²) in [5.41, 5.74) is 0.0586. The molecule has 0 atom stereocenters. The second-order valence-corrected chi connectivity index (χ2v) is 6.22. The summed E-state index contributed by atoms with van der Waals surface area (Å²) in [4.78, 5) is 41.2. The number of carbonyl (C=O) groups excluding carboxylic acids is 1. The highest BCUT2D eigenvalue weighted by Gasteiger charge is 2.03.